The molecule has 0 aromatic carbocycles. The number of hydrogen-bond acceptors (Lipinski definition) is 3. The lowest BCUT2D eigenvalue weighted by Crippen LogP contribution is -2.54. The lowest BCUT2D eigenvalue weighted by Gasteiger charge is -2.31. The highest BCUT2D eigenvalue weighted by Crippen LogP contribution is 2.12. The molecule has 104 valence electrons. The van der Waals surface area contributed by atoms with Crippen LogP contribution in [0, 0.1) is 0 Å². The SMILES string of the molecule is CCNC(=O)CCNC(=O)N(C)C(C)(C)C(=O)O. The van der Waals surface area contributed by atoms with Crippen molar-refractivity contribution in [2.24, 2.45) is 0 Å². The van der Waals surface area contributed by atoms with Crippen LogP contribution in [-0.4, -0.2) is 53.6 Å². The van der Waals surface area contributed by atoms with Crippen LogP contribution in [0.3, 0.4) is 0 Å². The molecule has 3 amide bonds. The average Bonchev–Trinajstić information content (AvgIpc) is 2.27. The van der Waals surface area contributed by atoms with E-state index in [9.17, 15) is 14.4 Å². The van der Waals surface area contributed by atoms with Gasteiger partial charge in [-0.3, -0.25) is 4.79 Å². The zero-order valence-electron chi connectivity index (χ0n) is 11.2. The molecular weight excluding hydrogens is 238 g/mol. The van der Waals surface area contributed by atoms with Crippen molar-refractivity contribution in [1.29, 1.82) is 0 Å². The second-order valence-electron chi connectivity index (χ2n) is 4.36. The number of urea groups is 1. The van der Waals surface area contributed by atoms with Crippen molar-refractivity contribution in [3.63, 3.8) is 0 Å². The Morgan fingerprint density at radius 2 is 1.78 bits per heavy atom. The molecule has 7 nitrogen and oxygen atoms in total. The Morgan fingerprint density at radius 3 is 2.22 bits per heavy atom. The predicted octanol–water partition coefficient (Wildman–Crippen LogP) is 0.0172. The Bertz CT molecular complexity index is 328. The molecule has 0 aromatic heterocycles. The molecule has 0 atom stereocenters. The number of hydrogen-bond donors (Lipinski definition) is 3. The second-order valence-corrected chi connectivity index (χ2v) is 4.36. The van der Waals surface area contributed by atoms with E-state index >= 15 is 0 Å². The van der Waals surface area contributed by atoms with E-state index in [1.807, 2.05) is 0 Å². The van der Waals surface area contributed by atoms with Crippen LogP contribution in [0.2, 0.25) is 0 Å². The molecule has 0 heterocycles. The van der Waals surface area contributed by atoms with E-state index in [2.05, 4.69) is 10.6 Å². The number of carbonyl (C=O) groups excluding carboxylic acids is 2. The Kier molecular flexibility index (Phi) is 6.15. The van der Waals surface area contributed by atoms with Gasteiger partial charge in [0.25, 0.3) is 0 Å². The van der Waals surface area contributed by atoms with Gasteiger partial charge in [-0.2, -0.15) is 0 Å². The van der Waals surface area contributed by atoms with Crippen LogP contribution < -0.4 is 10.6 Å². The molecular formula is C11H21N3O4. The monoisotopic (exact) mass is 259 g/mol. The summed E-state index contributed by atoms with van der Waals surface area (Å²) in [6, 6.07) is -0.522. The molecule has 7 heteroatoms. The number of carboxylic acids is 1. The van der Waals surface area contributed by atoms with Crippen molar-refractivity contribution in [2.45, 2.75) is 32.7 Å². The van der Waals surface area contributed by atoms with E-state index in [1.165, 1.54) is 20.9 Å². The minimum Gasteiger partial charge on any atom is -0.480 e. The zero-order chi connectivity index (χ0) is 14.3. The number of rotatable bonds is 6. The number of amides is 3. The molecule has 0 radical (unpaired) electrons. The largest absolute Gasteiger partial charge is 0.480 e. The predicted molar refractivity (Wildman–Crippen MR) is 66.2 cm³/mol. The van der Waals surface area contributed by atoms with E-state index in [0.29, 0.717) is 6.54 Å². The summed E-state index contributed by atoms with van der Waals surface area (Å²) in [5.74, 6) is -1.25. The van der Waals surface area contributed by atoms with Gasteiger partial charge < -0.3 is 20.6 Å². The van der Waals surface area contributed by atoms with Crippen molar-refractivity contribution in [3.05, 3.63) is 0 Å². The number of carbonyl (C=O) groups is 3. The van der Waals surface area contributed by atoms with Gasteiger partial charge in [0.1, 0.15) is 5.54 Å². The fourth-order valence-electron chi connectivity index (χ4n) is 1.08. The van der Waals surface area contributed by atoms with Crippen molar-refractivity contribution in [1.82, 2.24) is 15.5 Å². The molecule has 0 aromatic rings. The Morgan fingerprint density at radius 1 is 1.22 bits per heavy atom. The summed E-state index contributed by atoms with van der Waals surface area (Å²) in [6.45, 7) is 5.38. The van der Waals surface area contributed by atoms with E-state index < -0.39 is 17.5 Å². The quantitative estimate of drug-likeness (QED) is 0.626. The third kappa shape index (κ3) is 4.60. The van der Waals surface area contributed by atoms with Crippen molar-refractivity contribution >= 4 is 17.9 Å². The Labute approximate surface area is 107 Å². The lowest BCUT2D eigenvalue weighted by atomic mass is 10.1. The molecule has 0 aliphatic heterocycles. The van der Waals surface area contributed by atoms with Crippen molar-refractivity contribution in [2.75, 3.05) is 20.1 Å². The van der Waals surface area contributed by atoms with Crippen molar-refractivity contribution < 1.29 is 19.5 Å². The van der Waals surface area contributed by atoms with Gasteiger partial charge in [-0.25, -0.2) is 9.59 Å². The zero-order valence-corrected chi connectivity index (χ0v) is 11.2. The molecule has 18 heavy (non-hydrogen) atoms. The van der Waals surface area contributed by atoms with E-state index in [1.54, 1.807) is 6.92 Å². The maximum Gasteiger partial charge on any atom is 0.329 e. The highest BCUT2D eigenvalue weighted by Gasteiger charge is 2.35. The number of likely N-dealkylation sites (N-methyl/N-ethyl adjacent to an activating group) is 1. The third-order valence-corrected chi connectivity index (χ3v) is 2.67. The van der Waals surface area contributed by atoms with Crippen LogP contribution >= 0.6 is 0 Å². The van der Waals surface area contributed by atoms with Crippen LogP contribution in [0.1, 0.15) is 27.2 Å². The molecule has 0 fully saturated rings. The minimum atomic E-state index is -1.30. The maximum atomic E-state index is 11.7. The minimum absolute atomic E-state index is 0.155. The summed E-state index contributed by atoms with van der Waals surface area (Å²) in [5, 5.41) is 14.1. The van der Waals surface area contributed by atoms with Gasteiger partial charge in [0, 0.05) is 26.6 Å². The van der Waals surface area contributed by atoms with Crippen LogP contribution in [0.4, 0.5) is 4.79 Å². The normalized spacial score (nSPS) is 10.7. The first-order chi connectivity index (χ1) is 8.23. The standard InChI is InChI=1S/C11H21N3O4/c1-5-12-8(15)6-7-13-10(18)14(4)11(2,3)9(16)17/h5-7H2,1-4H3,(H,12,15)(H,13,18)(H,16,17). The molecule has 0 aliphatic rings. The van der Waals surface area contributed by atoms with Crippen molar-refractivity contribution in [3.8, 4) is 0 Å². The van der Waals surface area contributed by atoms with E-state index in [4.69, 9.17) is 5.11 Å². The summed E-state index contributed by atoms with van der Waals surface area (Å²) in [7, 11) is 1.40. The molecule has 0 rings (SSSR count). The summed E-state index contributed by atoms with van der Waals surface area (Å²) >= 11 is 0. The van der Waals surface area contributed by atoms with Gasteiger partial charge >= 0.3 is 12.0 Å². The first kappa shape index (κ1) is 16.2. The van der Waals surface area contributed by atoms with Gasteiger partial charge in [-0.15, -0.1) is 0 Å². The van der Waals surface area contributed by atoms with E-state index in [-0.39, 0.29) is 18.9 Å². The topological polar surface area (TPSA) is 98.7 Å². The molecule has 0 saturated heterocycles. The summed E-state index contributed by atoms with van der Waals surface area (Å²) in [6.07, 6.45) is 0.168. The van der Waals surface area contributed by atoms with Crippen LogP contribution in [0.25, 0.3) is 0 Å². The van der Waals surface area contributed by atoms with Gasteiger partial charge in [-0.1, -0.05) is 0 Å². The molecule has 0 aliphatic carbocycles. The number of nitrogens with one attached hydrogen (secondary N) is 2. The Hall–Kier alpha value is -1.79. The third-order valence-electron chi connectivity index (χ3n) is 2.67. The molecule has 0 bridgehead atoms. The highest BCUT2D eigenvalue weighted by molar-refractivity contribution is 5.85. The summed E-state index contributed by atoms with van der Waals surface area (Å²) in [5.41, 5.74) is -1.30. The van der Waals surface area contributed by atoms with Gasteiger partial charge in [0.05, 0.1) is 0 Å². The first-order valence-corrected chi connectivity index (χ1v) is 5.75. The highest BCUT2D eigenvalue weighted by atomic mass is 16.4. The maximum absolute atomic E-state index is 11.7. The molecule has 0 saturated carbocycles. The number of carboxylic acid groups (broad SMARTS) is 1. The van der Waals surface area contributed by atoms with Gasteiger partial charge in [0.2, 0.25) is 5.91 Å². The summed E-state index contributed by atoms with van der Waals surface area (Å²) in [4.78, 5) is 34.8. The van der Waals surface area contributed by atoms with Crippen LogP contribution in [0.15, 0.2) is 0 Å². The van der Waals surface area contributed by atoms with Crippen LogP contribution in [-0.2, 0) is 9.59 Å². The van der Waals surface area contributed by atoms with Gasteiger partial charge in [-0.05, 0) is 20.8 Å². The average molecular weight is 259 g/mol. The smallest absolute Gasteiger partial charge is 0.329 e. The first-order valence-electron chi connectivity index (χ1n) is 5.75. The van der Waals surface area contributed by atoms with E-state index in [0.717, 1.165) is 4.90 Å². The number of aliphatic carboxylic acids is 1. The molecule has 3 N–H and O–H groups in total. The molecule has 0 unspecified atom stereocenters. The van der Waals surface area contributed by atoms with Gasteiger partial charge in [0.15, 0.2) is 0 Å². The lowest BCUT2D eigenvalue weighted by molar-refractivity contribution is -0.146. The summed E-state index contributed by atoms with van der Waals surface area (Å²) < 4.78 is 0. The van der Waals surface area contributed by atoms with Crippen LogP contribution in [0.5, 0.6) is 0 Å². The fraction of sp³-hybridized carbons (Fsp3) is 0.727. The number of nitrogens with zero attached hydrogens (tertiary/aromatic N) is 1. The fourth-order valence-corrected chi connectivity index (χ4v) is 1.08. The Balaban J connectivity index is 4.18. The second kappa shape index (κ2) is 6.83. The molecule has 0 spiro atoms.